The first kappa shape index (κ1) is 16.7. The molecule has 3 aromatic rings. The molecular formula is C18H23N7O. The van der Waals surface area contributed by atoms with Crippen molar-refractivity contribution in [3.63, 3.8) is 0 Å². The minimum atomic E-state index is -0.0727. The van der Waals surface area contributed by atoms with Crippen molar-refractivity contribution in [1.29, 1.82) is 0 Å². The van der Waals surface area contributed by atoms with Crippen molar-refractivity contribution in [2.24, 2.45) is 14.1 Å². The monoisotopic (exact) mass is 353 g/mol. The lowest BCUT2D eigenvalue weighted by atomic mass is 9.95. The molecule has 0 unspecified atom stereocenters. The molecule has 1 aromatic carbocycles. The molecule has 1 aliphatic rings. The van der Waals surface area contributed by atoms with E-state index in [1.165, 1.54) is 0 Å². The molecule has 0 spiro atoms. The summed E-state index contributed by atoms with van der Waals surface area (Å²) in [6.45, 7) is 0.708. The highest BCUT2D eigenvalue weighted by Gasteiger charge is 2.36. The number of piperidine rings is 1. The van der Waals surface area contributed by atoms with Gasteiger partial charge in [0.05, 0.1) is 5.52 Å². The lowest BCUT2D eigenvalue weighted by Gasteiger charge is -2.39. The van der Waals surface area contributed by atoms with Gasteiger partial charge in [0, 0.05) is 52.5 Å². The average molecular weight is 353 g/mol. The summed E-state index contributed by atoms with van der Waals surface area (Å²) in [6, 6.07) is 6.27. The predicted octanol–water partition coefficient (Wildman–Crippen LogP) is 1.15. The molecule has 26 heavy (non-hydrogen) atoms. The van der Waals surface area contributed by atoms with Crippen LogP contribution < -0.4 is 5.32 Å². The van der Waals surface area contributed by atoms with Gasteiger partial charge in [0.2, 0.25) is 5.91 Å². The van der Waals surface area contributed by atoms with E-state index in [1.54, 1.807) is 10.9 Å². The number of hydrogen-bond donors (Lipinski definition) is 1. The fourth-order valence-electron chi connectivity index (χ4n) is 3.71. The summed E-state index contributed by atoms with van der Waals surface area (Å²) >= 11 is 0. The summed E-state index contributed by atoms with van der Waals surface area (Å²) in [5.41, 5.74) is 3.06. The van der Waals surface area contributed by atoms with Crippen LogP contribution in [0.1, 0.15) is 30.3 Å². The summed E-state index contributed by atoms with van der Waals surface area (Å²) in [7, 11) is 5.72. The number of imidazole rings is 1. The Kier molecular flexibility index (Phi) is 4.20. The fourth-order valence-corrected chi connectivity index (χ4v) is 3.71. The summed E-state index contributed by atoms with van der Waals surface area (Å²) in [5, 5.41) is 11.9. The number of aromatic nitrogens is 5. The Hall–Kier alpha value is -2.74. The van der Waals surface area contributed by atoms with Gasteiger partial charge in [0.15, 0.2) is 0 Å². The van der Waals surface area contributed by atoms with E-state index >= 15 is 0 Å². The molecule has 0 bridgehead atoms. The minimum Gasteiger partial charge on any atom is -0.336 e. The van der Waals surface area contributed by atoms with E-state index in [2.05, 4.69) is 32.7 Å². The van der Waals surface area contributed by atoms with Gasteiger partial charge in [-0.1, -0.05) is 11.3 Å². The molecule has 8 heteroatoms. The van der Waals surface area contributed by atoms with Crippen LogP contribution in [0.2, 0.25) is 0 Å². The van der Waals surface area contributed by atoms with Crippen molar-refractivity contribution in [3.05, 3.63) is 42.0 Å². The van der Waals surface area contributed by atoms with Crippen molar-refractivity contribution >= 4 is 16.9 Å². The molecule has 4 rings (SSSR count). The number of rotatable bonds is 4. The molecule has 0 radical (unpaired) electrons. The molecule has 1 aliphatic heterocycles. The van der Waals surface area contributed by atoms with Crippen LogP contribution in [0, 0.1) is 0 Å². The Labute approximate surface area is 151 Å². The Balaban J connectivity index is 1.54. The van der Waals surface area contributed by atoms with Crippen LogP contribution in [-0.2, 0) is 25.4 Å². The van der Waals surface area contributed by atoms with Crippen LogP contribution in [0.25, 0.3) is 11.0 Å². The van der Waals surface area contributed by atoms with E-state index in [0.29, 0.717) is 13.0 Å². The number of likely N-dealkylation sites (N-methyl/N-ethyl adjacent to an activating group) is 1. The number of nitrogens with one attached hydrogen (secondary N) is 1. The van der Waals surface area contributed by atoms with E-state index in [0.717, 1.165) is 28.8 Å². The molecule has 0 aliphatic carbocycles. The van der Waals surface area contributed by atoms with Crippen LogP contribution in [0.3, 0.4) is 0 Å². The summed E-state index contributed by atoms with van der Waals surface area (Å²) < 4.78 is 3.76. The lowest BCUT2D eigenvalue weighted by Crippen LogP contribution is -2.49. The van der Waals surface area contributed by atoms with Crippen molar-refractivity contribution in [2.45, 2.75) is 31.5 Å². The average Bonchev–Trinajstić information content (AvgIpc) is 3.22. The van der Waals surface area contributed by atoms with Gasteiger partial charge < -0.3 is 14.8 Å². The number of carbonyl (C=O) groups is 1. The van der Waals surface area contributed by atoms with Crippen LogP contribution in [0.15, 0.2) is 30.6 Å². The number of benzene rings is 1. The minimum absolute atomic E-state index is 0.0727. The maximum atomic E-state index is 12.2. The number of nitrogens with zero attached hydrogens (tertiary/aromatic N) is 6. The van der Waals surface area contributed by atoms with Crippen LogP contribution >= 0.6 is 0 Å². The lowest BCUT2D eigenvalue weighted by molar-refractivity contribution is -0.136. The SMILES string of the molecule is CN1C(=O)CC[C@@H](NCc2ccc3c(c2)nnn3C)[C@@H]1c1nccn1C. The molecule has 2 aromatic heterocycles. The molecule has 136 valence electrons. The maximum Gasteiger partial charge on any atom is 0.223 e. The molecule has 0 saturated carbocycles. The van der Waals surface area contributed by atoms with Crippen LogP contribution in [0.5, 0.6) is 0 Å². The normalized spacial score (nSPS) is 20.9. The Morgan fingerprint density at radius 1 is 1.27 bits per heavy atom. The van der Waals surface area contributed by atoms with Crippen molar-refractivity contribution in [2.75, 3.05) is 7.05 Å². The third-order valence-electron chi connectivity index (χ3n) is 5.23. The topological polar surface area (TPSA) is 80.9 Å². The number of likely N-dealkylation sites (tertiary alicyclic amines) is 1. The molecule has 1 N–H and O–H groups in total. The highest BCUT2D eigenvalue weighted by atomic mass is 16.2. The number of fused-ring (bicyclic) bond motifs is 1. The molecule has 3 heterocycles. The van der Waals surface area contributed by atoms with E-state index in [9.17, 15) is 4.79 Å². The van der Waals surface area contributed by atoms with Crippen LogP contribution in [0.4, 0.5) is 0 Å². The summed E-state index contributed by atoms with van der Waals surface area (Å²) in [4.78, 5) is 18.5. The zero-order chi connectivity index (χ0) is 18.3. The van der Waals surface area contributed by atoms with Crippen molar-refractivity contribution < 1.29 is 4.79 Å². The van der Waals surface area contributed by atoms with Crippen molar-refractivity contribution in [3.8, 4) is 0 Å². The maximum absolute atomic E-state index is 12.2. The van der Waals surface area contributed by atoms with Gasteiger partial charge in [0.1, 0.15) is 17.4 Å². The molecule has 2 atom stereocenters. The number of amides is 1. The molecule has 1 amide bonds. The first-order chi connectivity index (χ1) is 12.5. The Morgan fingerprint density at radius 3 is 2.88 bits per heavy atom. The molecule has 1 saturated heterocycles. The van der Waals surface area contributed by atoms with Crippen molar-refractivity contribution in [1.82, 2.24) is 34.8 Å². The third kappa shape index (κ3) is 2.86. The van der Waals surface area contributed by atoms with Gasteiger partial charge in [-0.2, -0.15) is 0 Å². The van der Waals surface area contributed by atoms with Gasteiger partial charge >= 0.3 is 0 Å². The predicted molar refractivity (Wildman–Crippen MR) is 97.1 cm³/mol. The van der Waals surface area contributed by atoms with E-state index in [4.69, 9.17) is 0 Å². The summed E-state index contributed by atoms with van der Waals surface area (Å²) in [5.74, 6) is 1.07. The van der Waals surface area contributed by atoms with Gasteiger partial charge in [-0.3, -0.25) is 4.79 Å². The van der Waals surface area contributed by atoms with Gasteiger partial charge in [-0.25, -0.2) is 9.67 Å². The third-order valence-corrected chi connectivity index (χ3v) is 5.23. The second-order valence-electron chi connectivity index (χ2n) is 6.91. The second kappa shape index (κ2) is 6.53. The zero-order valence-corrected chi connectivity index (χ0v) is 15.3. The largest absolute Gasteiger partial charge is 0.336 e. The van der Waals surface area contributed by atoms with Gasteiger partial charge in [0.25, 0.3) is 0 Å². The molecule has 1 fully saturated rings. The highest BCUT2D eigenvalue weighted by molar-refractivity contribution is 5.77. The highest BCUT2D eigenvalue weighted by Crippen LogP contribution is 2.30. The fraction of sp³-hybridized carbons (Fsp3) is 0.444. The van der Waals surface area contributed by atoms with Gasteiger partial charge in [-0.15, -0.1) is 5.10 Å². The zero-order valence-electron chi connectivity index (χ0n) is 15.3. The Morgan fingerprint density at radius 2 is 2.12 bits per heavy atom. The smallest absolute Gasteiger partial charge is 0.223 e. The second-order valence-corrected chi connectivity index (χ2v) is 6.91. The van der Waals surface area contributed by atoms with Crippen LogP contribution in [-0.4, -0.2) is 48.4 Å². The molecule has 8 nitrogen and oxygen atoms in total. The summed E-state index contributed by atoms with van der Waals surface area (Å²) in [6.07, 6.45) is 5.05. The first-order valence-electron chi connectivity index (χ1n) is 8.79. The Bertz CT molecular complexity index is 944. The first-order valence-corrected chi connectivity index (χ1v) is 8.79. The van der Waals surface area contributed by atoms with E-state index < -0.39 is 0 Å². The van der Waals surface area contributed by atoms with E-state index in [1.807, 2.05) is 42.9 Å². The molecular weight excluding hydrogens is 330 g/mol. The number of aryl methyl sites for hydroxylation is 2. The van der Waals surface area contributed by atoms with Gasteiger partial charge in [-0.05, 0) is 24.1 Å². The van der Waals surface area contributed by atoms with E-state index in [-0.39, 0.29) is 18.0 Å². The standard InChI is InChI=1S/C18H23N7O/c1-23-9-8-19-18(23)17-13(5-7-16(26)24(17)2)20-11-12-4-6-15-14(10-12)21-22-25(15)3/h4,6,8-10,13,17,20H,5,7,11H2,1-3H3/t13-,17-/m1/s1. The quantitative estimate of drug-likeness (QED) is 0.761. The number of carbonyl (C=O) groups excluding carboxylic acids is 1. The number of hydrogen-bond acceptors (Lipinski definition) is 5.